The average Bonchev–Trinajstić information content (AvgIpc) is 2.75. The lowest BCUT2D eigenvalue weighted by atomic mass is 10.1. The molecule has 31 heavy (non-hydrogen) atoms. The molecule has 0 spiro atoms. The van der Waals surface area contributed by atoms with E-state index in [1.807, 2.05) is 51.2 Å². The quantitative estimate of drug-likeness (QED) is 0.202. The third-order valence-corrected chi connectivity index (χ3v) is 4.56. The van der Waals surface area contributed by atoms with Gasteiger partial charge >= 0.3 is 0 Å². The Balaban J connectivity index is 2.33. The molecule has 1 aromatic carbocycles. The summed E-state index contributed by atoms with van der Waals surface area (Å²) in [6.07, 6.45) is 1.73. The van der Waals surface area contributed by atoms with E-state index in [4.69, 9.17) is 15.1 Å². The van der Waals surface area contributed by atoms with Crippen molar-refractivity contribution in [2.24, 2.45) is 0 Å². The van der Waals surface area contributed by atoms with E-state index in [0.717, 1.165) is 42.0 Å². The van der Waals surface area contributed by atoms with Crippen LogP contribution in [0.5, 0.6) is 5.75 Å². The number of ether oxygens (including phenoxy) is 1. The minimum atomic E-state index is -0.575. The molecular weight excluding hydrogens is 392 g/mol. The zero-order chi connectivity index (χ0) is 22.6. The first-order valence-electron chi connectivity index (χ1n) is 10.7. The zero-order valence-electron chi connectivity index (χ0n) is 19.0. The largest absolute Gasteiger partial charge is 0.491 e. The number of benzene rings is 1. The Kier molecular flexibility index (Phi) is 10.2. The van der Waals surface area contributed by atoms with Gasteiger partial charge in [-0.15, -0.1) is 0 Å². The van der Waals surface area contributed by atoms with E-state index in [0.29, 0.717) is 18.1 Å². The molecule has 0 aliphatic carbocycles. The van der Waals surface area contributed by atoms with Gasteiger partial charge in [-0.1, -0.05) is 12.1 Å². The molecule has 0 aliphatic rings. The highest BCUT2D eigenvalue weighted by Crippen LogP contribution is 2.30. The van der Waals surface area contributed by atoms with Crippen LogP contribution in [-0.2, 0) is 0 Å². The van der Waals surface area contributed by atoms with Gasteiger partial charge in [0.05, 0.1) is 11.3 Å². The number of aliphatic hydroxyl groups excluding tert-OH is 1. The number of pyridine rings is 1. The molecule has 0 saturated carbocycles. The van der Waals surface area contributed by atoms with Gasteiger partial charge in [-0.3, -0.25) is 0 Å². The summed E-state index contributed by atoms with van der Waals surface area (Å²) in [4.78, 5) is 4.80. The molecule has 2 aromatic rings. The molecule has 170 valence electrons. The van der Waals surface area contributed by atoms with Crippen molar-refractivity contribution in [3.8, 4) is 17.0 Å². The fraction of sp³-hybridized carbons (Fsp3) is 0.478. The number of nitrogens with zero attached hydrogens (tertiary/aromatic N) is 1. The van der Waals surface area contributed by atoms with Crippen LogP contribution >= 0.6 is 0 Å². The molecule has 1 heterocycles. The molecule has 0 aliphatic heterocycles. The minimum absolute atomic E-state index is 0.182. The summed E-state index contributed by atoms with van der Waals surface area (Å²) in [7, 11) is 3.73. The standard InChI is InChI=1S/C23H36N6O2/c1-16(2)28-23-20(13-24)22(27-10-6-9-25-3)12-21(29-23)17-7-5-8-19(11-17)31-15-18(30)14-26-4/h5,7-8,11-13,16,18,24-26,30H,6,9-10,14-15H2,1-4H3,(H2,27,28,29)/t18-/m0/s1. The van der Waals surface area contributed by atoms with Crippen LogP contribution in [-0.4, -0.2) is 68.8 Å². The number of likely N-dealkylation sites (N-methyl/N-ethyl adjacent to an activating group) is 1. The van der Waals surface area contributed by atoms with Crippen molar-refractivity contribution >= 4 is 17.7 Å². The smallest absolute Gasteiger partial charge is 0.137 e. The molecule has 6 N–H and O–H groups in total. The first-order valence-corrected chi connectivity index (χ1v) is 10.7. The molecule has 0 unspecified atom stereocenters. The topological polar surface area (TPSA) is 114 Å². The van der Waals surface area contributed by atoms with E-state index in [2.05, 4.69) is 21.3 Å². The molecule has 0 amide bonds. The highest BCUT2D eigenvalue weighted by molar-refractivity contribution is 5.93. The van der Waals surface area contributed by atoms with Crippen molar-refractivity contribution in [1.82, 2.24) is 15.6 Å². The third kappa shape index (κ3) is 7.82. The Labute approximate surface area is 185 Å². The highest BCUT2D eigenvalue weighted by atomic mass is 16.5. The van der Waals surface area contributed by atoms with Crippen molar-refractivity contribution in [1.29, 1.82) is 5.41 Å². The van der Waals surface area contributed by atoms with E-state index in [-0.39, 0.29) is 12.6 Å². The van der Waals surface area contributed by atoms with Crippen LogP contribution in [0.4, 0.5) is 11.5 Å². The second-order valence-electron chi connectivity index (χ2n) is 7.69. The lowest BCUT2D eigenvalue weighted by Crippen LogP contribution is -2.29. The molecule has 8 heteroatoms. The summed E-state index contributed by atoms with van der Waals surface area (Å²) < 4.78 is 5.75. The average molecular weight is 429 g/mol. The summed E-state index contributed by atoms with van der Waals surface area (Å²) in [6, 6.07) is 9.83. The predicted octanol–water partition coefficient (Wildman–Crippen LogP) is 2.55. The molecule has 2 rings (SSSR count). The maximum absolute atomic E-state index is 9.89. The van der Waals surface area contributed by atoms with Gasteiger partial charge in [-0.2, -0.15) is 0 Å². The Hall–Kier alpha value is -2.68. The van der Waals surface area contributed by atoms with Crippen LogP contribution in [0.2, 0.25) is 0 Å². The maximum Gasteiger partial charge on any atom is 0.137 e. The van der Waals surface area contributed by atoms with Crippen molar-refractivity contribution in [2.75, 3.05) is 51.0 Å². The summed E-state index contributed by atoms with van der Waals surface area (Å²) in [5.41, 5.74) is 3.30. The highest BCUT2D eigenvalue weighted by Gasteiger charge is 2.14. The first kappa shape index (κ1) is 24.6. The van der Waals surface area contributed by atoms with Gasteiger partial charge in [-0.05, 0) is 59.1 Å². The van der Waals surface area contributed by atoms with Crippen LogP contribution in [0.15, 0.2) is 30.3 Å². The van der Waals surface area contributed by atoms with E-state index >= 15 is 0 Å². The van der Waals surface area contributed by atoms with Gasteiger partial charge in [0.25, 0.3) is 0 Å². The second-order valence-corrected chi connectivity index (χ2v) is 7.69. The number of hydrogen-bond donors (Lipinski definition) is 6. The Bertz CT molecular complexity index is 828. The van der Waals surface area contributed by atoms with Crippen LogP contribution in [0.1, 0.15) is 25.8 Å². The Morgan fingerprint density at radius 3 is 2.65 bits per heavy atom. The molecular formula is C23H36N6O2. The molecule has 1 aromatic heterocycles. The van der Waals surface area contributed by atoms with Crippen molar-refractivity contribution < 1.29 is 9.84 Å². The molecule has 8 nitrogen and oxygen atoms in total. The number of aliphatic hydroxyl groups is 1. The van der Waals surface area contributed by atoms with E-state index in [1.165, 1.54) is 6.21 Å². The van der Waals surface area contributed by atoms with Crippen LogP contribution in [0.25, 0.3) is 11.3 Å². The molecule has 0 bridgehead atoms. The van der Waals surface area contributed by atoms with Gasteiger partial charge < -0.3 is 36.5 Å². The summed E-state index contributed by atoms with van der Waals surface area (Å²) in [5.74, 6) is 1.35. The lowest BCUT2D eigenvalue weighted by Gasteiger charge is -2.18. The van der Waals surface area contributed by atoms with Crippen molar-refractivity contribution in [3.05, 3.63) is 35.9 Å². The Morgan fingerprint density at radius 1 is 1.16 bits per heavy atom. The molecule has 0 radical (unpaired) electrons. The van der Waals surface area contributed by atoms with Gasteiger partial charge in [0.15, 0.2) is 0 Å². The molecule has 0 fully saturated rings. The third-order valence-electron chi connectivity index (χ3n) is 4.56. The zero-order valence-corrected chi connectivity index (χ0v) is 19.0. The fourth-order valence-electron chi connectivity index (χ4n) is 3.10. The van der Waals surface area contributed by atoms with Gasteiger partial charge in [-0.25, -0.2) is 4.98 Å². The number of hydrogen-bond acceptors (Lipinski definition) is 8. The first-order chi connectivity index (χ1) is 15.0. The van der Waals surface area contributed by atoms with Gasteiger partial charge in [0, 0.05) is 36.6 Å². The second kappa shape index (κ2) is 12.9. The molecule has 0 saturated heterocycles. The number of rotatable bonds is 14. The van der Waals surface area contributed by atoms with Crippen LogP contribution < -0.4 is 26.0 Å². The van der Waals surface area contributed by atoms with Crippen molar-refractivity contribution in [2.45, 2.75) is 32.4 Å². The van der Waals surface area contributed by atoms with Gasteiger partial charge in [0.2, 0.25) is 0 Å². The lowest BCUT2D eigenvalue weighted by molar-refractivity contribution is 0.108. The van der Waals surface area contributed by atoms with Crippen molar-refractivity contribution in [3.63, 3.8) is 0 Å². The molecule has 1 atom stereocenters. The number of anilines is 2. The van der Waals surface area contributed by atoms with E-state index < -0.39 is 6.10 Å². The van der Waals surface area contributed by atoms with Gasteiger partial charge in [0.1, 0.15) is 24.3 Å². The van der Waals surface area contributed by atoms with Crippen LogP contribution in [0.3, 0.4) is 0 Å². The summed E-state index contributed by atoms with van der Waals surface area (Å²) in [6.45, 7) is 6.49. The summed E-state index contributed by atoms with van der Waals surface area (Å²) >= 11 is 0. The minimum Gasteiger partial charge on any atom is -0.491 e. The van der Waals surface area contributed by atoms with E-state index in [9.17, 15) is 5.11 Å². The number of nitrogens with one attached hydrogen (secondary N) is 5. The normalized spacial score (nSPS) is 11.9. The number of aromatic nitrogens is 1. The predicted molar refractivity (Wildman–Crippen MR) is 129 cm³/mol. The SMILES string of the molecule is CNCCCNc1cc(-c2cccc(OC[C@@H](O)CNC)c2)nc(NC(C)C)c1C=N. The monoisotopic (exact) mass is 428 g/mol. The Morgan fingerprint density at radius 2 is 1.97 bits per heavy atom. The van der Waals surface area contributed by atoms with E-state index in [1.54, 1.807) is 7.05 Å². The maximum atomic E-state index is 9.89. The summed E-state index contributed by atoms with van der Waals surface area (Å²) in [5, 5.41) is 30.7. The fourth-order valence-corrected chi connectivity index (χ4v) is 3.10. The van der Waals surface area contributed by atoms with Crippen LogP contribution in [0, 0.1) is 5.41 Å².